The van der Waals surface area contributed by atoms with Crippen LogP contribution in [-0.2, 0) is 35.4 Å². The second-order valence-electron chi connectivity index (χ2n) is 8.05. The topological polar surface area (TPSA) is 18.5 Å². The van der Waals surface area contributed by atoms with Crippen molar-refractivity contribution in [1.82, 2.24) is 0 Å². The average Bonchev–Trinajstić information content (AvgIpc) is 3.26. The summed E-state index contributed by atoms with van der Waals surface area (Å²) in [6, 6.07) is 15.2. The van der Waals surface area contributed by atoms with Gasteiger partial charge in [0.05, 0.1) is 0 Å². The Morgan fingerprint density at radius 1 is 0.929 bits per heavy atom. The van der Waals surface area contributed by atoms with Crippen LogP contribution in [0.2, 0.25) is 19.6 Å². The van der Waals surface area contributed by atoms with Crippen LogP contribution in [0, 0.1) is 0 Å². The van der Waals surface area contributed by atoms with Crippen LogP contribution < -0.4 is 0 Å². The molecule has 0 radical (unpaired) electrons. The van der Waals surface area contributed by atoms with Crippen molar-refractivity contribution in [2.45, 2.75) is 33.0 Å². The number of hydrogen-bond acceptors (Lipinski definition) is 2. The number of allylic oxidation sites excluding steroid dienone is 5. The average molecular weight is 466 g/mol. The molecule has 0 heterocycles. The van der Waals surface area contributed by atoms with Gasteiger partial charge >= 0.3 is 0 Å². The Labute approximate surface area is 188 Å². The fourth-order valence-corrected chi connectivity index (χ4v) is 4.18. The Morgan fingerprint density at radius 2 is 1.61 bits per heavy atom. The van der Waals surface area contributed by atoms with Crippen molar-refractivity contribution >= 4 is 19.5 Å². The van der Waals surface area contributed by atoms with Crippen molar-refractivity contribution in [3.8, 4) is 11.1 Å². The first-order chi connectivity index (χ1) is 13.0. The van der Waals surface area contributed by atoms with E-state index in [4.69, 9.17) is 9.16 Å². The van der Waals surface area contributed by atoms with Gasteiger partial charge in [-0.05, 0) is 60.8 Å². The number of ether oxygens (including phenoxy) is 1. The first-order valence-electron chi connectivity index (χ1n) is 9.52. The van der Waals surface area contributed by atoms with Gasteiger partial charge in [0.15, 0.2) is 15.1 Å². The van der Waals surface area contributed by atoms with Crippen LogP contribution in [0.1, 0.15) is 30.0 Å². The van der Waals surface area contributed by atoms with Crippen molar-refractivity contribution in [1.29, 1.82) is 0 Å². The summed E-state index contributed by atoms with van der Waals surface area (Å²) in [7, 11) is -1.60. The summed E-state index contributed by atoms with van der Waals surface area (Å²) in [6.45, 7) is 8.91. The van der Waals surface area contributed by atoms with E-state index < -0.39 is 8.32 Å². The zero-order valence-electron chi connectivity index (χ0n) is 17.0. The molecule has 4 rings (SSSR count). The molecule has 0 amide bonds. The minimum absolute atomic E-state index is 0. The Balaban J connectivity index is 0.00000225. The molecule has 0 saturated heterocycles. The predicted octanol–water partition coefficient (Wildman–Crippen LogP) is 6.61. The van der Waals surface area contributed by atoms with Gasteiger partial charge in [0.25, 0.3) is 0 Å². The third-order valence-electron chi connectivity index (χ3n) is 5.04. The van der Waals surface area contributed by atoms with E-state index in [1.165, 1.54) is 39.0 Å². The molecule has 0 aromatic heterocycles. The van der Waals surface area contributed by atoms with Crippen LogP contribution in [0.4, 0.5) is 0 Å². The minimum atomic E-state index is -1.60. The molecule has 0 bridgehead atoms. The van der Waals surface area contributed by atoms with E-state index in [0.29, 0.717) is 6.79 Å². The number of rotatable bonds is 5. The first kappa shape index (κ1) is 21.2. The molecule has 0 unspecified atom stereocenters. The Morgan fingerprint density at radius 3 is 2.29 bits per heavy atom. The van der Waals surface area contributed by atoms with Crippen LogP contribution in [0.15, 0.2) is 66.5 Å². The van der Waals surface area contributed by atoms with Gasteiger partial charge in [-0.15, -0.1) is 0 Å². The molecule has 2 aliphatic carbocycles. The maximum absolute atomic E-state index is 6.09. The van der Waals surface area contributed by atoms with Gasteiger partial charge in [-0.25, -0.2) is 0 Å². The molecule has 0 saturated carbocycles. The second kappa shape index (κ2) is 8.49. The van der Waals surface area contributed by atoms with Crippen LogP contribution in [-0.4, -0.2) is 15.1 Å². The van der Waals surface area contributed by atoms with Gasteiger partial charge in [-0.1, -0.05) is 60.7 Å². The SMILES string of the molecule is C/C(OCO[Si](C)(C)C)=C1\c2ccccc2-c2cccc(C3=CC=CC3)c21.[Zr]. The molecule has 0 fully saturated rings. The third kappa shape index (κ3) is 4.10. The Bertz CT molecular complexity index is 980. The Kier molecular flexibility index (Phi) is 6.44. The quantitative estimate of drug-likeness (QED) is 0.240. The molecule has 0 atom stereocenters. The molecular weight excluding hydrogens is 440 g/mol. The molecule has 2 nitrogen and oxygen atoms in total. The fourth-order valence-electron chi connectivity index (χ4n) is 3.76. The van der Waals surface area contributed by atoms with E-state index in [0.717, 1.165) is 12.2 Å². The molecule has 2 aliphatic rings. The smallest absolute Gasteiger partial charge is 0.188 e. The maximum Gasteiger partial charge on any atom is 0.188 e. The van der Waals surface area contributed by atoms with Crippen LogP contribution in [0.25, 0.3) is 22.3 Å². The monoisotopic (exact) mass is 464 g/mol. The summed E-state index contributed by atoms with van der Waals surface area (Å²) in [5.41, 5.74) is 8.98. The van der Waals surface area contributed by atoms with Crippen molar-refractivity contribution in [3.63, 3.8) is 0 Å². The van der Waals surface area contributed by atoms with Crippen molar-refractivity contribution < 1.29 is 35.4 Å². The summed E-state index contributed by atoms with van der Waals surface area (Å²) < 4.78 is 12.0. The molecule has 0 aliphatic heterocycles. The molecule has 2 aromatic carbocycles. The first-order valence-corrected chi connectivity index (χ1v) is 12.9. The second-order valence-corrected chi connectivity index (χ2v) is 12.6. The van der Waals surface area contributed by atoms with E-state index in [1.807, 2.05) is 0 Å². The molecule has 142 valence electrons. The van der Waals surface area contributed by atoms with E-state index in [9.17, 15) is 0 Å². The van der Waals surface area contributed by atoms with Gasteiger partial charge in [-0.3, -0.25) is 0 Å². The van der Waals surface area contributed by atoms with Crippen LogP contribution in [0.3, 0.4) is 0 Å². The summed E-state index contributed by atoms with van der Waals surface area (Å²) in [4.78, 5) is 0. The molecule has 0 spiro atoms. The summed E-state index contributed by atoms with van der Waals surface area (Å²) in [5.74, 6) is 0.929. The van der Waals surface area contributed by atoms with E-state index >= 15 is 0 Å². The fraction of sp³-hybridized carbons (Fsp3) is 0.250. The summed E-state index contributed by atoms with van der Waals surface area (Å²) >= 11 is 0. The van der Waals surface area contributed by atoms with Gasteiger partial charge < -0.3 is 9.16 Å². The number of hydrogen-bond donors (Lipinski definition) is 0. The standard InChI is InChI=1S/C24H26O2Si.Zr/c1-17(25-16-26-27(2,3)4)23-21-13-8-7-12-20(21)22-15-9-14-19(24(22)23)18-10-5-6-11-18;/h5-10,12-15H,11,16H2,1-4H3;/b23-17-;. The predicted molar refractivity (Wildman–Crippen MR) is 116 cm³/mol. The number of benzene rings is 2. The van der Waals surface area contributed by atoms with Crippen molar-refractivity contribution in [3.05, 3.63) is 83.1 Å². The van der Waals surface area contributed by atoms with E-state index in [1.54, 1.807) is 0 Å². The van der Waals surface area contributed by atoms with Gasteiger partial charge in [0, 0.05) is 37.3 Å². The molecule has 2 aromatic rings. The van der Waals surface area contributed by atoms with Crippen molar-refractivity contribution in [2.75, 3.05) is 6.79 Å². The third-order valence-corrected chi connectivity index (χ3v) is 6.02. The van der Waals surface area contributed by atoms with Crippen molar-refractivity contribution in [2.24, 2.45) is 0 Å². The van der Waals surface area contributed by atoms with Gasteiger partial charge in [-0.2, -0.15) is 0 Å². The molecule has 28 heavy (non-hydrogen) atoms. The zero-order valence-corrected chi connectivity index (χ0v) is 20.5. The zero-order chi connectivity index (χ0) is 19.0. The van der Waals surface area contributed by atoms with Gasteiger partial charge in [0.1, 0.15) is 5.76 Å². The molecule has 0 N–H and O–H groups in total. The van der Waals surface area contributed by atoms with E-state index in [-0.39, 0.29) is 26.2 Å². The normalized spacial score (nSPS) is 16.2. The molecule has 4 heteroatoms. The van der Waals surface area contributed by atoms with Gasteiger partial charge in [0.2, 0.25) is 0 Å². The van der Waals surface area contributed by atoms with Crippen LogP contribution >= 0.6 is 0 Å². The minimum Gasteiger partial charge on any atom is -0.472 e. The van der Waals surface area contributed by atoms with E-state index in [2.05, 4.69) is 87.3 Å². The largest absolute Gasteiger partial charge is 0.472 e. The van der Waals surface area contributed by atoms with Crippen LogP contribution in [0.5, 0.6) is 0 Å². The Hall–Kier alpha value is -1.48. The number of fused-ring (bicyclic) bond motifs is 3. The summed E-state index contributed by atoms with van der Waals surface area (Å²) in [5, 5.41) is 0. The maximum atomic E-state index is 6.09. The molecular formula is C24H26O2SiZr. The summed E-state index contributed by atoms with van der Waals surface area (Å²) in [6.07, 6.45) is 7.57.